The van der Waals surface area contributed by atoms with E-state index in [4.69, 9.17) is 14.2 Å². The van der Waals surface area contributed by atoms with Gasteiger partial charge < -0.3 is 14.2 Å². The molecule has 4 rings (SSSR count). The van der Waals surface area contributed by atoms with Crippen molar-refractivity contribution in [2.75, 3.05) is 13.7 Å². The lowest BCUT2D eigenvalue weighted by Crippen LogP contribution is -2.42. The van der Waals surface area contributed by atoms with Gasteiger partial charge in [0.05, 0.1) is 22.2 Å². The van der Waals surface area contributed by atoms with Gasteiger partial charge in [0.15, 0.2) is 11.5 Å². The number of methoxy groups -OCH3 is 1. The largest absolute Gasteiger partial charge is 0.493 e. The monoisotopic (exact) mass is 617 g/mol. The van der Waals surface area contributed by atoms with Gasteiger partial charge in [0.1, 0.15) is 12.6 Å². The summed E-state index contributed by atoms with van der Waals surface area (Å²) in [6.07, 6.45) is 1.61. The molecule has 9 heteroatoms. The van der Waals surface area contributed by atoms with Crippen molar-refractivity contribution in [3.05, 3.63) is 74.2 Å². The predicted molar refractivity (Wildman–Crippen MR) is 148 cm³/mol. The molecule has 7 nitrogen and oxygen atoms in total. The average Bonchev–Trinajstić information content (AvgIpc) is 3.14. The molecule has 0 spiro atoms. The number of hydrogen-bond donors (Lipinski definition) is 0. The normalized spacial score (nSPS) is 15.4. The number of rotatable bonds is 8. The van der Waals surface area contributed by atoms with Crippen LogP contribution in [0, 0.1) is 3.57 Å². The minimum atomic E-state index is -0.997. The van der Waals surface area contributed by atoms with E-state index in [1.807, 2.05) is 30.3 Å². The van der Waals surface area contributed by atoms with Crippen LogP contribution in [-0.2, 0) is 20.9 Å². The summed E-state index contributed by atoms with van der Waals surface area (Å²) in [6.45, 7) is 3.67. The van der Waals surface area contributed by atoms with Crippen molar-refractivity contribution < 1.29 is 28.6 Å². The van der Waals surface area contributed by atoms with Crippen molar-refractivity contribution in [3.63, 3.8) is 0 Å². The zero-order valence-corrected chi connectivity index (χ0v) is 22.9. The Labute approximate surface area is 226 Å². The highest BCUT2D eigenvalue weighted by atomic mass is 127. The third kappa shape index (κ3) is 5.36. The third-order valence-electron chi connectivity index (χ3n) is 5.64. The first kappa shape index (κ1) is 26.0. The number of amides is 2. The van der Waals surface area contributed by atoms with Gasteiger partial charge in [-0.1, -0.05) is 42.5 Å². The van der Waals surface area contributed by atoms with Crippen LogP contribution in [0.1, 0.15) is 25.0 Å². The van der Waals surface area contributed by atoms with Gasteiger partial charge in [-0.2, -0.15) is 0 Å². The minimum Gasteiger partial charge on any atom is -0.493 e. The summed E-state index contributed by atoms with van der Waals surface area (Å²) in [4.78, 5) is 38.6. The van der Waals surface area contributed by atoms with Crippen LogP contribution >= 0.6 is 34.4 Å². The Morgan fingerprint density at radius 3 is 2.64 bits per heavy atom. The summed E-state index contributed by atoms with van der Waals surface area (Å²) in [7, 11) is 1.55. The number of hydrogen-bond acceptors (Lipinski definition) is 7. The number of nitrogens with zero attached hydrogens (tertiary/aromatic N) is 1. The van der Waals surface area contributed by atoms with Gasteiger partial charge in [-0.3, -0.25) is 14.5 Å². The van der Waals surface area contributed by atoms with E-state index in [0.717, 1.165) is 36.6 Å². The number of benzene rings is 3. The SMILES string of the molecule is CCOC(=O)[C@H](C)N1C(=O)S/C(=C/c2cc(I)c(OCc3cccc4ccccc34)c(OC)c2)C1=O. The van der Waals surface area contributed by atoms with Crippen LogP contribution in [0.25, 0.3) is 16.8 Å². The van der Waals surface area contributed by atoms with Crippen molar-refractivity contribution >= 4 is 68.3 Å². The maximum absolute atomic E-state index is 12.9. The fraction of sp³-hybridized carbons (Fsp3) is 0.222. The molecule has 0 N–H and O–H groups in total. The molecule has 1 aliphatic heterocycles. The molecule has 3 aromatic carbocycles. The molecular formula is C27H24INO6S. The molecule has 1 saturated heterocycles. The smallest absolute Gasteiger partial charge is 0.329 e. The Hall–Kier alpha value is -3.05. The number of fused-ring (bicyclic) bond motifs is 1. The molecule has 2 amide bonds. The van der Waals surface area contributed by atoms with Crippen LogP contribution < -0.4 is 9.47 Å². The molecule has 0 aromatic heterocycles. The molecule has 1 atom stereocenters. The number of esters is 1. The lowest BCUT2D eigenvalue weighted by atomic mass is 10.1. The number of halogens is 1. The molecule has 1 aliphatic rings. The van der Waals surface area contributed by atoms with Crippen LogP contribution in [0.5, 0.6) is 11.5 Å². The highest BCUT2D eigenvalue weighted by molar-refractivity contribution is 14.1. The Morgan fingerprint density at radius 2 is 1.89 bits per heavy atom. The standard InChI is InChI=1S/C27H24INO6S/c1-4-34-26(31)16(2)29-25(30)23(36-27(29)32)14-17-12-21(28)24(22(13-17)33-3)35-15-19-10-7-9-18-8-5-6-11-20(18)19/h5-14,16H,4,15H2,1-3H3/b23-14+/t16-/m0/s1. The van der Waals surface area contributed by atoms with E-state index >= 15 is 0 Å². The van der Waals surface area contributed by atoms with Gasteiger partial charge in [0.2, 0.25) is 0 Å². The fourth-order valence-corrected chi connectivity index (χ4v) is 5.55. The van der Waals surface area contributed by atoms with Crippen molar-refractivity contribution in [2.24, 2.45) is 0 Å². The Morgan fingerprint density at radius 1 is 1.14 bits per heavy atom. The van der Waals surface area contributed by atoms with Gasteiger partial charge in [0.25, 0.3) is 11.1 Å². The lowest BCUT2D eigenvalue weighted by molar-refractivity contribution is -0.150. The number of carbonyl (C=O) groups excluding carboxylic acids is 3. The van der Waals surface area contributed by atoms with E-state index in [2.05, 4.69) is 40.8 Å². The second kappa shape index (κ2) is 11.3. The third-order valence-corrected chi connectivity index (χ3v) is 7.33. The molecule has 0 unspecified atom stereocenters. The second-order valence-corrected chi connectivity index (χ2v) is 10.1. The molecule has 0 saturated carbocycles. The lowest BCUT2D eigenvalue weighted by Gasteiger charge is -2.19. The summed E-state index contributed by atoms with van der Waals surface area (Å²) in [5, 5.41) is 1.75. The molecule has 0 bridgehead atoms. The van der Waals surface area contributed by atoms with Crippen LogP contribution in [0.2, 0.25) is 0 Å². The Bertz CT molecular complexity index is 1370. The topological polar surface area (TPSA) is 82.1 Å². The predicted octanol–water partition coefficient (Wildman–Crippen LogP) is 6.02. The molecule has 1 fully saturated rings. The van der Waals surface area contributed by atoms with Crippen molar-refractivity contribution in [1.29, 1.82) is 0 Å². The molecule has 0 radical (unpaired) electrons. The Balaban J connectivity index is 1.57. The van der Waals surface area contributed by atoms with Gasteiger partial charge in [0, 0.05) is 0 Å². The molecule has 3 aromatic rings. The first-order valence-electron chi connectivity index (χ1n) is 11.2. The zero-order valence-electron chi connectivity index (χ0n) is 19.9. The van der Waals surface area contributed by atoms with E-state index in [1.54, 1.807) is 26.2 Å². The number of carbonyl (C=O) groups is 3. The van der Waals surface area contributed by atoms with Crippen LogP contribution in [0.3, 0.4) is 0 Å². The van der Waals surface area contributed by atoms with E-state index in [9.17, 15) is 14.4 Å². The second-order valence-electron chi connectivity index (χ2n) is 7.94. The van der Waals surface area contributed by atoms with E-state index in [0.29, 0.717) is 23.7 Å². The summed E-state index contributed by atoms with van der Waals surface area (Å²) in [5.41, 5.74) is 1.72. The number of thioether (sulfide) groups is 1. The van der Waals surface area contributed by atoms with Gasteiger partial charge in [-0.25, -0.2) is 4.79 Å². The van der Waals surface area contributed by atoms with E-state index in [1.165, 1.54) is 6.92 Å². The minimum absolute atomic E-state index is 0.169. The summed E-state index contributed by atoms with van der Waals surface area (Å²) < 4.78 is 17.5. The van der Waals surface area contributed by atoms with Gasteiger partial charge in [-0.15, -0.1) is 0 Å². The van der Waals surface area contributed by atoms with Gasteiger partial charge in [-0.05, 0) is 88.3 Å². The highest BCUT2D eigenvalue weighted by Gasteiger charge is 2.41. The number of imide groups is 1. The zero-order chi connectivity index (χ0) is 25.8. The molecule has 0 aliphatic carbocycles. The summed E-state index contributed by atoms with van der Waals surface area (Å²) >= 11 is 2.95. The maximum atomic E-state index is 12.9. The molecule has 1 heterocycles. The number of ether oxygens (including phenoxy) is 3. The summed E-state index contributed by atoms with van der Waals surface area (Å²) in [5.74, 6) is -0.0551. The van der Waals surface area contributed by atoms with E-state index in [-0.39, 0.29) is 11.5 Å². The van der Waals surface area contributed by atoms with Crippen LogP contribution in [0.4, 0.5) is 4.79 Å². The van der Waals surface area contributed by atoms with Crippen LogP contribution in [0.15, 0.2) is 59.5 Å². The Kier molecular flexibility index (Phi) is 8.20. The average molecular weight is 617 g/mol. The first-order valence-corrected chi connectivity index (χ1v) is 13.1. The highest BCUT2D eigenvalue weighted by Crippen LogP contribution is 2.38. The van der Waals surface area contributed by atoms with Gasteiger partial charge >= 0.3 is 5.97 Å². The van der Waals surface area contributed by atoms with Crippen molar-refractivity contribution in [1.82, 2.24) is 4.90 Å². The molecular weight excluding hydrogens is 593 g/mol. The molecule has 36 heavy (non-hydrogen) atoms. The van der Waals surface area contributed by atoms with Crippen molar-refractivity contribution in [3.8, 4) is 11.5 Å². The fourth-order valence-electron chi connectivity index (χ4n) is 3.86. The first-order chi connectivity index (χ1) is 17.3. The van der Waals surface area contributed by atoms with Crippen LogP contribution in [-0.4, -0.2) is 41.8 Å². The molecule has 186 valence electrons. The van der Waals surface area contributed by atoms with Crippen molar-refractivity contribution in [2.45, 2.75) is 26.5 Å². The van der Waals surface area contributed by atoms with E-state index < -0.39 is 23.2 Å². The maximum Gasteiger partial charge on any atom is 0.329 e. The summed E-state index contributed by atoms with van der Waals surface area (Å²) in [6, 6.07) is 16.8. The quantitative estimate of drug-likeness (QED) is 0.174.